The second kappa shape index (κ2) is 7.99. The molecule has 23 heavy (non-hydrogen) atoms. The largest absolute Gasteiger partial charge is 0.493 e. The summed E-state index contributed by atoms with van der Waals surface area (Å²) in [5.41, 5.74) is 8.21. The molecular formula is C19H25NO3. The van der Waals surface area contributed by atoms with Crippen molar-refractivity contribution in [1.29, 1.82) is 0 Å². The second-order valence-corrected chi connectivity index (χ2v) is 5.80. The third kappa shape index (κ3) is 4.24. The van der Waals surface area contributed by atoms with Gasteiger partial charge in [-0.15, -0.1) is 0 Å². The van der Waals surface area contributed by atoms with E-state index in [1.165, 1.54) is 0 Å². The number of ether oxygens (including phenoxy) is 2. The van der Waals surface area contributed by atoms with E-state index in [0.29, 0.717) is 11.5 Å². The molecule has 0 spiro atoms. The van der Waals surface area contributed by atoms with Crippen LogP contribution in [0, 0.1) is 5.92 Å². The molecule has 3 N–H and O–H groups in total. The zero-order valence-corrected chi connectivity index (χ0v) is 13.9. The van der Waals surface area contributed by atoms with Crippen LogP contribution in [0.25, 0.3) is 0 Å². The molecule has 0 amide bonds. The molecule has 0 aliphatic carbocycles. The Balaban J connectivity index is 2.07. The first-order valence-electron chi connectivity index (χ1n) is 7.76. The lowest BCUT2D eigenvalue weighted by Gasteiger charge is -2.25. The van der Waals surface area contributed by atoms with E-state index in [9.17, 15) is 5.11 Å². The number of methoxy groups -OCH3 is 2. The molecule has 0 aliphatic heterocycles. The average molecular weight is 315 g/mol. The fourth-order valence-electron chi connectivity index (χ4n) is 2.70. The molecule has 0 aliphatic rings. The van der Waals surface area contributed by atoms with Crippen molar-refractivity contribution in [1.82, 2.24) is 0 Å². The van der Waals surface area contributed by atoms with Crippen molar-refractivity contribution in [3.05, 3.63) is 59.7 Å². The van der Waals surface area contributed by atoms with Gasteiger partial charge in [-0.3, -0.25) is 0 Å². The zero-order chi connectivity index (χ0) is 16.8. The van der Waals surface area contributed by atoms with Crippen molar-refractivity contribution in [2.75, 3.05) is 14.2 Å². The molecule has 2 aromatic rings. The van der Waals surface area contributed by atoms with E-state index >= 15 is 0 Å². The van der Waals surface area contributed by atoms with Crippen molar-refractivity contribution < 1.29 is 14.6 Å². The smallest absolute Gasteiger partial charge is 0.160 e. The van der Waals surface area contributed by atoms with E-state index in [4.69, 9.17) is 15.2 Å². The van der Waals surface area contributed by atoms with Crippen LogP contribution in [0.1, 0.15) is 24.2 Å². The Morgan fingerprint density at radius 1 is 1.00 bits per heavy atom. The van der Waals surface area contributed by atoms with E-state index < -0.39 is 6.10 Å². The van der Waals surface area contributed by atoms with Gasteiger partial charge >= 0.3 is 0 Å². The Bertz CT molecular complexity index is 615. The number of rotatable bonds is 7. The fourth-order valence-corrected chi connectivity index (χ4v) is 2.70. The van der Waals surface area contributed by atoms with Crippen LogP contribution in [-0.2, 0) is 6.42 Å². The SMILES string of the molecule is COc1ccc(CC(C)C(N)C(O)c2ccccc2)cc1OC. The molecule has 3 unspecified atom stereocenters. The summed E-state index contributed by atoms with van der Waals surface area (Å²) in [6, 6.07) is 15.0. The number of aliphatic hydroxyl groups is 1. The Morgan fingerprint density at radius 2 is 1.65 bits per heavy atom. The lowest BCUT2D eigenvalue weighted by atomic mass is 9.88. The topological polar surface area (TPSA) is 64.7 Å². The molecule has 0 radical (unpaired) electrons. The summed E-state index contributed by atoms with van der Waals surface area (Å²) in [6.45, 7) is 2.05. The molecule has 124 valence electrons. The Labute approximate surface area is 137 Å². The van der Waals surface area contributed by atoms with Gasteiger partial charge in [0.05, 0.1) is 20.3 Å². The molecule has 0 bridgehead atoms. The van der Waals surface area contributed by atoms with Crippen LogP contribution in [0.3, 0.4) is 0 Å². The van der Waals surface area contributed by atoms with Gasteiger partial charge in [-0.25, -0.2) is 0 Å². The van der Waals surface area contributed by atoms with Crippen molar-refractivity contribution in [2.24, 2.45) is 11.7 Å². The first-order chi connectivity index (χ1) is 11.1. The summed E-state index contributed by atoms with van der Waals surface area (Å²) in [7, 11) is 3.24. The molecular weight excluding hydrogens is 290 g/mol. The molecule has 0 saturated carbocycles. The van der Waals surface area contributed by atoms with E-state index in [1.807, 2.05) is 55.5 Å². The first kappa shape index (κ1) is 17.3. The van der Waals surface area contributed by atoms with Crippen LogP contribution in [-0.4, -0.2) is 25.4 Å². The number of hydrogen-bond acceptors (Lipinski definition) is 4. The van der Waals surface area contributed by atoms with Crippen molar-refractivity contribution in [3.8, 4) is 11.5 Å². The van der Waals surface area contributed by atoms with Crippen molar-refractivity contribution in [3.63, 3.8) is 0 Å². The maximum atomic E-state index is 10.5. The Morgan fingerprint density at radius 3 is 2.26 bits per heavy atom. The zero-order valence-electron chi connectivity index (χ0n) is 13.9. The number of hydrogen-bond donors (Lipinski definition) is 2. The summed E-state index contributed by atoms with van der Waals surface area (Å²) in [5.74, 6) is 1.52. The average Bonchev–Trinajstić information content (AvgIpc) is 2.60. The van der Waals surface area contributed by atoms with Gasteiger partial charge in [0.1, 0.15) is 0 Å². The maximum Gasteiger partial charge on any atom is 0.160 e. The molecule has 3 atom stereocenters. The number of benzene rings is 2. The number of nitrogens with two attached hydrogens (primary N) is 1. The summed E-state index contributed by atoms with van der Waals surface area (Å²) >= 11 is 0. The third-order valence-electron chi connectivity index (χ3n) is 4.17. The van der Waals surface area contributed by atoms with E-state index in [2.05, 4.69) is 0 Å². The Hall–Kier alpha value is -2.04. The van der Waals surface area contributed by atoms with Crippen LogP contribution in [0.15, 0.2) is 48.5 Å². The molecule has 0 aromatic heterocycles. The summed E-state index contributed by atoms with van der Waals surface area (Å²) < 4.78 is 10.6. The van der Waals surface area contributed by atoms with Gasteiger partial charge in [-0.1, -0.05) is 43.3 Å². The lowest BCUT2D eigenvalue weighted by molar-refractivity contribution is 0.121. The monoisotopic (exact) mass is 315 g/mol. The minimum absolute atomic E-state index is 0.114. The quantitative estimate of drug-likeness (QED) is 0.824. The van der Waals surface area contributed by atoms with Gasteiger partial charge in [0.2, 0.25) is 0 Å². The van der Waals surface area contributed by atoms with E-state index in [-0.39, 0.29) is 12.0 Å². The fraction of sp³-hybridized carbons (Fsp3) is 0.368. The highest BCUT2D eigenvalue weighted by atomic mass is 16.5. The van der Waals surface area contributed by atoms with Gasteiger partial charge in [0.15, 0.2) is 11.5 Å². The molecule has 2 rings (SSSR count). The van der Waals surface area contributed by atoms with Gasteiger partial charge in [-0.2, -0.15) is 0 Å². The highest BCUT2D eigenvalue weighted by Gasteiger charge is 2.23. The lowest BCUT2D eigenvalue weighted by Crippen LogP contribution is -2.36. The molecule has 2 aromatic carbocycles. The first-order valence-corrected chi connectivity index (χ1v) is 7.76. The van der Waals surface area contributed by atoms with Gasteiger partial charge in [0, 0.05) is 6.04 Å². The van der Waals surface area contributed by atoms with Gasteiger partial charge in [-0.05, 0) is 35.6 Å². The predicted molar refractivity (Wildman–Crippen MR) is 91.8 cm³/mol. The second-order valence-electron chi connectivity index (χ2n) is 5.80. The predicted octanol–water partition coefficient (Wildman–Crippen LogP) is 2.94. The molecule has 4 heteroatoms. The summed E-state index contributed by atoms with van der Waals surface area (Å²) in [6.07, 6.45) is 0.0807. The minimum atomic E-state index is -0.675. The minimum Gasteiger partial charge on any atom is -0.493 e. The summed E-state index contributed by atoms with van der Waals surface area (Å²) in [4.78, 5) is 0. The van der Waals surface area contributed by atoms with Crippen LogP contribution < -0.4 is 15.2 Å². The molecule has 4 nitrogen and oxygen atoms in total. The molecule has 0 saturated heterocycles. The summed E-state index contributed by atoms with van der Waals surface area (Å²) in [5, 5.41) is 10.5. The van der Waals surface area contributed by atoms with Crippen molar-refractivity contribution >= 4 is 0 Å². The molecule has 0 heterocycles. The van der Waals surface area contributed by atoms with Crippen molar-refractivity contribution in [2.45, 2.75) is 25.5 Å². The maximum absolute atomic E-state index is 10.5. The van der Waals surface area contributed by atoms with Crippen LogP contribution in [0.5, 0.6) is 11.5 Å². The Kier molecular flexibility index (Phi) is 6.02. The van der Waals surface area contributed by atoms with Crippen LogP contribution >= 0.6 is 0 Å². The highest BCUT2D eigenvalue weighted by Crippen LogP contribution is 2.29. The van der Waals surface area contributed by atoms with Crippen LogP contribution in [0.4, 0.5) is 0 Å². The van der Waals surface area contributed by atoms with E-state index in [1.54, 1.807) is 14.2 Å². The normalized spacial score (nSPS) is 14.8. The molecule has 0 fully saturated rings. The highest BCUT2D eigenvalue weighted by molar-refractivity contribution is 5.43. The number of aliphatic hydroxyl groups excluding tert-OH is 1. The van der Waals surface area contributed by atoms with Gasteiger partial charge in [0.25, 0.3) is 0 Å². The van der Waals surface area contributed by atoms with Crippen LogP contribution in [0.2, 0.25) is 0 Å². The van der Waals surface area contributed by atoms with Gasteiger partial charge < -0.3 is 20.3 Å². The standard InChI is InChI=1S/C19H25NO3/c1-13(18(20)19(21)15-7-5-4-6-8-15)11-14-9-10-16(22-2)17(12-14)23-3/h4-10,12-13,18-19,21H,11,20H2,1-3H3. The third-order valence-corrected chi connectivity index (χ3v) is 4.17. The van der Waals surface area contributed by atoms with E-state index in [0.717, 1.165) is 17.5 Å².